The van der Waals surface area contributed by atoms with E-state index in [1.54, 1.807) is 0 Å². The van der Waals surface area contributed by atoms with Crippen molar-refractivity contribution >= 4 is 17.9 Å². The lowest BCUT2D eigenvalue weighted by Crippen LogP contribution is -2.30. The molecule has 0 amide bonds. The average molecular weight is 1070 g/mol. The molecule has 0 rings (SSSR count). The molecule has 0 fully saturated rings. The number of hydrogen-bond acceptors (Lipinski definition) is 6. The van der Waals surface area contributed by atoms with Gasteiger partial charge in [0.15, 0.2) is 6.10 Å². The van der Waals surface area contributed by atoms with Gasteiger partial charge in [0, 0.05) is 19.3 Å². The molecule has 0 aliphatic heterocycles. The van der Waals surface area contributed by atoms with Gasteiger partial charge >= 0.3 is 17.9 Å². The van der Waals surface area contributed by atoms with Crippen LogP contribution in [0.5, 0.6) is 0 Å². The molecule has 1 unspecified atom stereocenters. The van der Waals surface area contributed by atoms with E-state index in [4.69, 9.17) is 14.2 Å². The SMILES string of the molecule is CC/C=C\C/C=C\C/C=C\C/C=C\C/C=C\C/C=C\C/C=C\CCCCCC(=O)OCC(COC(=O)CCCCCCC/C=C\CCCCCC)OC(=O)CCCCCCCCCCCCCCCCCCCCCCC. The number of hydrogen-bond donors (Lipinski definition) is 0. The van der Waals surface area contributed by atoms with Crippen molar-refractivity contribution in [1.82, 2.24) is 0 Å². The summed E-state index contributed by atoms with van der Waals surface area (Å²) in [7, 11) is 0. The van der Waals surface area contributed by atoms with Gasteiger partial charge in [-0.3, -0.25) is 14.4 Å². The van der Waals surface area contributed by atoms with Crippen LogP contribution in [0.3, 0.4) is 0 Å². The first-order chi connectivity index (χ1) is 38.0. The van der Waals surface area contributed by atoms with Gasteiger partial charge in [0.1, 0.15) is 13.2 Å². The molecule has 6 nitrogen and oxygen atoms in total. The maximum Gasteiger partial charge on any atom is 0.306 e. The van der Waals surface area contributed by atoms with Gasteiger partial charge in [-0.2, -0.15) is 0 Å². The van der Waals surface area contributed by atoms with Gasteiger partial charge < -0.3 is 14.2 Å². The molecular formula is C71H122O6. The van der Waals surface area contributed by atoms with Crippen LogP contribution in [-0.4, -0.2) is 37.2 Å². The molecule has 0 radical (unpaired) electrons. The lowest BCUT2D eigenvalue weighted by molar-refractivity contribution is -0.167. The summed E-state index contributed by atoms with van der Waals surface area (Å²) < 4.78 is 16.9. The molecular weight excluding hydrogens is 949 g/mol. The molecule has 0 bridgehead atoms. The first kappa shape index (κ1) is 73.3. The summed E-state index contributed by atoms with van der Waals surface area (Å²) in [6.45, 7) is 6.51. The summed E-state index contributed by atoms with van der Waals surface area (Å²) in [6, 6.07) is 0. The van der Waals surface area contributed by atoms with Crippen molar-refractivity contribution in [3.8, 4) is 0 Å². The highest BCUT2D eigenvalue weighted by Gasteiger charge is 2.19. The number of unbranched alkanes of at least 4 members (excludes halogenated alkanes) is 32. The fourth-order valence-electron chi connectivity index (χ4n) is 9.18. The van der Waals surface area contributed by atoms with Crippen molar-refractivity contribution in [1.29, 1.82) is 0 Å². The van der Waals surface area contributed by atoms with Gasteiger partial charge in [0.05, 0.1) is 0 Å². The molecule has 0 aliphatic carbocycles. The van der Waals surface area contributed by atoms with Crippen LogP contribution in [0.15, 0.2) is 97.2 Å². The summed E-state index contributed by atoms with van der Waals surface area (Å²) in [5, 5.41) is 0. The standard InChI is InChI=1S/C71H122O6/c1-4-7-10-13-16-19-22-25-27-29-31-33-34-35-36-38-39-41-43-46-49-52-55-58-61-64-70(73)76-67-68(66-75-69(72)63-60-57-54-51-48-45-24-21-18-15-12-9-6-3)77-71(74)65-62-59-56-53-50-47-44-42-40-37-32-30-28-26-23-20-17-14-11-8-5-2/h7,10,16,19,21,24-25,27,31,33,35-36,39,41,46,49,68H,4-6,8-9,11-15,17-18,20,22-23,26,28-30,32,34,37-38,40,42-45,47-48,50-67H2,1-3H3/b10-7-,19-16-,24-21-,27-25-,33-31-,36-35-,41-39-,49-46-. The normalized spacial score (nSPS) is 12.7. The third kappa shape index (κ3) is 63.0. The molecule has 0 aromatic rings. The second kappa shape index (κ2) is 64.9. The third-order valence-corrected chi connectivity index (χ3v) is 14.1. The van der Waals surface area contributed by atoms with E-state index in [0.717, 1.165) is 116 Å². The molecule has 0 N–H and O–H groups in total. The van der Waals surface area contributed by atoms with Crippen LogP contribution < -0.4 is 0 Å². The number of allylic oxidation sites excluding steroid dienone is 16. The predicted molar refractivity (Wildman–Crippen MR) is 334 cm³/mol. The summed E-state index contributed by atoms with van der Waals surface area (Å²) in [5.41, 5.74) is 0. The Kier molecular flexibility index (Phi) is 61.8. The van der Waals surface area contributed by atoms with Crippen molar-refractivity contribution in [3.63, 3.8) is 0 Å². The second-order valence-corrected chi connectivity index (χ2v) is 21.6. The molecule has 0 spiro atoms. The number of ether oxygens (including phenoxy) is 3. The summed E-state index contributed by atoms with van der Waals surface area (Å²) in [5.74, 6) is -0.920. The Labute approximate surface area is 477 Å². The molecule has 0 heterocycles. The Morgan fingerprint density at radius 1 is 0.273 bits per heavy atom. The van der Waals surface area contributed by atoms with Crippen molar-refractivity contribution in [3.05, 3.63) is 97.2 Å². The van der Waals surface area contributed by atoms with Crippen molar-refractivity contribution in [2.45, 2.75) is 322 Å². The van der Waals surface area contributed by atoms with E-state index in [9.17, 15) is 14.4 Å². The van der Waals surface area contributed by atoms with Crippen LogP contribution in [0.1, 0.15) is 316 Å². The Hall–Kier alpha value is -3.67. The minimum atomic E-state index is -0.795. The number of esters is 3. The molecule has 442 valence electrons. The Morgan fingerprint density at radius 2 is 0.506 bits per heavy atom. The number of carbonyl (C=O) groups is 3. The first-order valence-corrected chi connectivity index (χ1v) is 32.7. The highest BCUT2D eigenvalue weighted by molar-refractivity contribution is 5.71. The first-order valence-electron chi connectivity index (χ1n) is 32.7. The zero-order valence-corrected chi connectivity index (χ0v) is 50.7. The Morgan fingerprint density at radius 3 is 0.831 bits per heavy atom. The van der Waals surface area contributed by atoms with Crippen molar-refractivity contribution < 1.29 is 28.6 Å². The quantitative estimate of drug-likeness (QED) is 0.0261. The predicted octanol–water partition coefficient (Wildman–Crippen LogP) is 22.4. The molecule has 0 aromatic heterocycles. The van der Waals surface area contributed by atoms with Crippen LogP contribution in [0.25, 0.3) is 0 Å². The molecule has 0 aliphatic rings. The van der Waals surface area contributed by atoms with E-state index < -0.39 is 6.10 Å². The van der Waals surface area contributed by atoms with Crippen LogP contribution in [0.2, 0.25) is 0 Å². The third-order valence-electron chi connectivity index (χ3n) is 14.1. The Bertz CT molecular complexity index is 1510. The van der Waals surface area contributed by atoms with Gasteiger partial charge in [-0.25, -0.2) is 0 Å². The maximum absolute atomic E-state index is 12.9. The summed E-state index contributed by atoms with van der Waals surface area (Å²) >= 11 is 0. The number of rotatable bonds is 59. The Balaban J connectivity index is 4.39. The molecule has 77 heavy (non-hydrogen) atoms. The van der Waals surface area contributed by atoms with E-state index in [1.807, 2.05) is 0 Å². The number of carbonyl (C=O) groups excluding carboxylic acids is 3. The topological polar surface area (TPSA) is 78.9 Å². The fraction of sp³-hybridized carbons (Fsp3) is 0.732. The highest BCUT2D eigenvalue weighted by atomic mass is 16.6. The summed E-state index contributed by atoms with van der Waals surface area (Å²) in [6.07, 6.45) is 87.0. The lowest BCUT2D eigenvalue weighted by atomic mass is 10.0. The van der Waals surface area contributed by atoms with E-state index in [2.05, 4.69) is 118 Å². The van der Waals surface area contributed by atoms with E-state index >= 15 is 0 Å². The van der Waals surface area contributed by atoms with Gasteiger partial charge in [0.2, 0.25) is 0 Å². The fourth-order valence-corrected chi connectivity index (χ4v) is 9.18. The zero-order valence-electron chi connectivity index (χ0n) is 50.7. The molecule has 0 saturated carbocycles. The van der Waals surface area contributed by atoms with Crippen LogP contribution in [0.4, 0.5) is 0 Å². The largest absolute Gasteiger partial charge is 0.462 e. The van der Waals surface area contributed by atoms with Gasteiger partial charge in [0.25, 0.3) is 0 Å². The molecule has 6 heteroatoms. The van der Waals surface area contributed by atoms with Gasteiger partial charge in [-0.05, 0) is 103 Å². The minimum absolute atomic E-state index is 0.0904. The molecule has 0 aromatic carbocycles. The smallest absolute Gasteiger partial charge is 0.306 e. The zero-order chi connectivity index (χ0) is 55.7. The lowest BCUT2D eigenvalue weighted by Gasteiger charge is -2.18. The monoisotopic (exact) mass is 1070 g/mol. The van der Waals surface area contributed by atoms with Crippen LogP contribution in [0, 0.1) is 0 Å². The van der Waals surface area contributed by atoms with E-state index in [1.165, 1.54) is 161 Å². The highest BCUT2D eigenvalue weighted by Crippen LogP contribution is 2.17. The average Bonchev–Trinajstić information content (AvgIpc) is 3.43. The second-order valence-electron chi connectivity index (χ2n) is 21.6. The minimum Gasteiger partial charge on any atom is -0.462 e. The molecule has 0 saturated heterocycles. The van der Waals surface area contributed by atoms with Crippen molar-refractivity contribution in [2.75, 3.05) is 13.2 Å². The van der Waals surface area contributed by atoms with Gasteiger partial charge in [-0.1, -0.05) is 291 Å². The van der Waals surface area contributed by atoms with Crippen LogP contribution >= 0.6 is 0 Å². The maximum atomic E-state index is 12.9. The van der Waals surface area contributed by atoms with Gasteiger partial charge in [-0.15, -0.1) is 0 Å². The van der Waals surface area contributed by atoms with E-state index in [0.29, 0.717) is 19.3 Å². The van der Waals surface area contributed by atoms with Crippen LogP contribution in [-0.2, 0) is 28.6 Å². The summed E-state index contributed by atoms with van der Waals surface area (Å²) in [4.78, 5) is 38.3. The molecule has 1 atom stereocenters. The van der Waals surface area contributed by atoms with Crippen molar-refractivity contribution in [2.24, 2.45) is 0 Å². The van der Waals surface area contributed by atoms with E-state index in [-0.39, 0.29) is 31.1 Å².